The van der Waals surface area contributed by atoms with Gasteiger partial charge >= 0.3 is 5.97 Å². The predicted molar refractivity (Wildman–Crippen MR) is 55.3 cm³/mol. The molecule has 1 N–H and O–H groups in total. The van der Waals surface area contributed by atoms with E-state index in [-0.39, 0.29) is 11.5 Å². The molecule has 0 bridgehead atoms. The molecule has 1 fully saturated rings. The molecular formula is C11H11F2NO3. The van der Waals surface area contributed by atoms with Gasteiger partial charge in [-0.15, -0.1) is 0 Å². The van der Waals surface area contributed by atoms with Gasteiger partial charge in [0, 0.05) is 11.8 Å². The van der Waals surface area contributed by atoms with Crippen LogP contribution in [0.1, 0.15) is 34.8 Å². The van der Waals surface area contributed by atoms with Crippen molar-refractivity contribution in [1.29, 1.82) is 0 Å². The molecule has 6 heteroatoms. The number of rotatable bonds is 4. The minimum absolute atomic E-state index is 0.0244. The summed E-state index contributed by atoms with van der Waals surface area (Å²) in [6, 6.07) is 2.55. The van der Waals surface area contributed by atoms with Crippen molar-refractivity contribution in [2.45, 2.75) is 25.2 Å². The summed E-state index contributed by atoms with van der Waals surface area (Å²) in [6.07, 6.45) is -0.777. The molecule has 92 valence electrons. The molecule has 0 unspecified atom stereocenters. The van der Waals surface area contributed by atoms with Crippen molar-refractivity contribution in [1.82, 2.24) is 4.98 Å². The molecule has 0 spiro atoms. The summed E-state index contributed by atoms with van der Waals surface area (Å²) in [4.78, 5) is 25.3. The Balaban J connectivity index is 2.14. The summed E-state index contributed by atoms with van der Waals surface area (Å²) in [5, 5.41) is 0. The molecule has 1 aliphatic rings. The van der Waals surface area contributed by atoms with Crippen LogP contribution in [-0.4, -0.2) is 24.0 Å². The number of carbonyl (C=O) groups excluding carboxylic acids is 1. The van der Waals surface area contributed by atoms with Gasteiger partial charge in [0.2, 0.25) is 5.56 Å². The minimum atomic E-state index is -2.70. The Kier molecular flexibility index (Phi) is 3.21. The molecule has 4 nitrogen and oxygen atoms in total. The van der Waals surface area contributed by atoms with Gasteiger partial charge in [0.15, 0.2) is 6.61 Å². The average Bonchev–Trinajstić information content (AvgIpc) is 3.08. The van der Waals surface area contributed by atoms with Crippen molar-refractivity contribution in [2.75, 3.05) is 6.61 Å². The van der Waals surface area contributed by atoms with Gasteiger partial charge in [-0.1, -0.05) is 0 Å². The fourth-order valence-corrected chi connectivity index (χ4v) is 1.52. The van der Waals surface area contributed by atoms with Crippen LogP contribution in [0.4, 0.5) is 8.78 Å². The molecule has 0 saturated heterocycles. The minimum Gasteiger partial charge on any atom is -0.456 e. The standard InChI is InChI=1S/C11H11F2NO3/c12-9(13)5-17-11(16)7-3-8(6-1-2-6)14-10(15)4-7/h3-4,6,9H,1-2,5H2,(H,14,15). The second-order valence-electron chi connectivity index (χ2n) is 3.95. The lowest BCUT2D eigenvalue weighted by molar-refractivity contribution is 0.0159. The van der Waals surface area contributed by atoms with Gasteiger partial charge in [0.05, 0.1) is 5.56 Å². The number of H-pyrrole nitrogens is 1. The zero-order valence-corrected chi connectivity index (χ0v) is 8.91. The molecule has 1 saturated carbocycles. The van der Waals surface area contributed by atoms with E-state index >= 15 is 0 Å². The van der Waals surface area contributed by atoms with Crippen molar-refractivity contribution in [3.8, 4) is 0 Å². The fourth-order valence-electron chi connectivity index (χ4n) is 1.52. The summed E-state index contributed by atoms with van der Waals surface area (Å²) in [7, 11) is 0. The highest BCUT2D eigenvalue weighted by molar-refractivity contribution is 5.89. The second kappa shape index (κ2) is 4.65. The van der Waals surface area contributed by atoms with Crippen molar-refractivity contribution >= 4 is 5.97 Å². The Morgan fingerprint density at radius 2 is 2.18 bits per heavy atom. The molecular weight excluding hydrogens is 232 g/mol. The molecule has 0 aliphatic heterocycles. The van der Waals surface area contributed by atoms with E-state index < -0.39 is 24.6 Å². The first-order valence-electron chi connectivity index (χ1n) is 5.26. The highest BCUT2D eigenvalue weighted by Gasteiger charge is 2.25. The quantitative estimate of drug-likeness (QED) is 0.818. The number of hydrogen-bond acceptors (Lipinski definition) is 3. The van der Waals surface area contributed by atoms with E-state index in [4.69, 9.17) is 0 Å². The monoisotopic (exact) mass is 243 g/mol. The van der Waals surface area contributed by atoms with Gasteiger partial charge in [0.25, 0.3) is 6.43 Å². The topological polar surface area (TPSA) is 59.2 Å². The number of esters is 1. The number of aromatic nitrogens is 1. The number of aromatic amines is 1. The normalized spacial score (nSPS) is 15.0. The van der Waals surface area contributed by atoms with Crippen LogP contribution in [0, 0.1) is 0 Å². The van der Waals surface area contributed by atoms with Crippen molar-refractivity contribution in [3.63, 3.8) is 0 Å². The number of nitrogens with one attached hydrogen (secondary N) is 1. The molecule has 1 aliphatic carbocycles. The van der Waals surface area contributed by atoms with Crippen LogP contribution in [0.5, 0.6) is 0 Å². The molecule has 1 aromatic heterocycles. The van der Waals surface area contributed by atoms with E-state index in [0.29, 0.717) is 5.69 Å². The zero-order chi connectivity index (χ0) is 12.4. The molecule has 0 atom stereocenters. The maximum atomic E-state index is 11.9. The van der Waals surface area contributed by atoms with Crippen molar-refractivity contribution < 1.29 is 18.3 Å². The summed E-state index contributed by atoms with van der Waals surface area (Å²) in [6.45, 7) is -0.954. The number of carbonyl (C=O) groups is 1. The second-order valence-corrected chi connectivity index (χ2v) is 3.95. The van der Waals surface area contributed by atoms with Crippen LogP contribution < -0.4 is 5.56 Å². The van der Waals surface area contributed by atoms with E-state index in [1.54, 1.807) is 0 Å². The fraction of sp³-hybridized carbons (Fsp3) is 0.455. The molecule has 0 radical (unpaired) electrons. The zero-order valence-electron chi connectivity index (χ0n) is 8.91. The van der Waals surface area contributed by atoms with Crippen molar-refractivity contribution in [3.05, 3.63) is 33.7 Å². The average molecular weight is 243 g/mol. The lowest BCUT2D eigenvalue weighted by Gasteiger charge is -2.05. The van der Waals surface area contributed by atoms with Crippen LogP contribution in [0.2, 0.25) is 0 Å². The van der Waals surface area contributed by atoms with Gasteiger partial charge in [-0.05, 0) is 24.8 Å². The van der Waals surface area contributed by atoms with E-state index in [9.17, 15) is 18.4 Å². The first-order valence-corrected chi connectivity index (χ1v) is 5.26. The van der Waals surface area contributed by atoms with E-state index in [2.05, 4.69) is 9.72 Å². The van der Waals surface area contributed by atoms with E-state index in [0.717, 1.165) is 18.9 Å². The lowest BCUT2D eigenvalue weighted by Crippen LogP contribution is -2.16. The summed E-state index contributed by atoms with van der Waals surface area (Å²) in [5.74, 6) is -0.621. The molecule has 1 heterocycles. The van der Waals surface area contributed by atoms with Crippen LogP contribution in [0.15, 0.2) is 16.9 Å². The van der Waals surface area contributed by atoms with E-state index in [1.165, 1.54) is 6.07 Å². The van der Waals surface area contributed by atoms with Crippen LogP contribution in [-0.2, 0) is 4.74 Å². The summed E-state index contributed by atoms with van der Waals surface area (Å²) in [5.41, 5.74) is 0.274. The molecule has 17 heavy (non-hydrogen) atoms. The first-order chi connectivity index (χ1) is 8.06. The van der Waals surface area contributed by atoms with Gasteiger partial charge in [0.1, 0.15) is 0 Å². The Hall–Kier alpha value is -1.72. The molecule has 0 aromatic carbocycles. The Morgan fingerprint density at radius 1 is 1.47 bits per heavy atom. The Bertz CT molecular complexity index is 480. The molecule has 2 rings (SSSR count). The summed E-state index contributed by atoms with van der Waals surface area (Å²) >= 11 is 0. The highest BCUT2D eigenvalue weighted by atomic mass is 19.3. The van der Waals surface area contributed by atoms with Crippen LogP contribution in [0.3, 0.4) is 0 Å². The van der Waals surface area contributed by atoms with E-state index in [1.807, 2.05) is 0 Å². The number of pyridine rings is 1. The number of ether oxygens (including phenoxy) is 1. The van der Waals surface area contributed by atoms with Gasteiger partial charge < -0.3 is 9.72 Å². The third-order valence-electron chi connectivity index (χ3n) is 2.46. The van der Waals surface area contributed by atoms with Crippen LogP contribution in [0.25, 0.3) is 0 Å². The molecule has 1 aromatic rings. The number of alkyl halides is 2. The van der Waals surface area contributed by atoms with Gasteiger partial charge in [-0.3, -0.25) is 4.79 Å². The summed E-state index contributed by atoms with van der Waals surface area (Å²) < 4.78 is 28.1. The van der Waals surface area contributed by atoms with Crippen molar-refractivity contribution in [2.24, 2.45) is 0 Å². The number of hydrogen-bond donors (Lipinski definition) is 1. The van der Waals surface area contributed by atoms with Crippen LogP contribution >= 0.6 is 0 Å². The maximum absolute atomic E-state index is 11.9. The maximum Gasteiger partial charge on any atom is 0.338 e. The highest BCUT2D eigenvalue weighted by Crippen LogP contribution is 2.38. The smallest absolute Gasteiger partial charge is 0.338 e. The Morgan fingerprint density at radius 3 is 2.76 bits per heavy atom. The van der Waals surface area contributed by atoms with Gasteiger partial charge in [-0.25, -0.2) is 13.6 Å². The number of halogens is 2. The Labute approximate surface area is 95.6 Å². The van der Waals surface area contributed by atoms with Gasteiger partial charge in [-0.2, -0.15) is 0 Å². The SMILES string of the molecule is O=C(OCC(F)F)c1cc(C2CC2)[nH]c(=O)c1. The molecule has 0 amide bonds. The predicted octanol–water partition coefficient (Wildman–Crippen LogP) is 1.67. The third-order valence-corrected chi connectivity index (χ3v) is 2.46. The third kappa shape index (κ3) is 3.12. The lowest BCUT2D eigenvalue weighted by atomic mass is 10.2. The largest absolute Gasteiger partial charge is 0.456 e. The first kappa shape index (κ1) is 11.8.